The van der Waals surface area contributed by atoms with Crippen molar-refractivity contribution >= 4 is 15.9 Å². The Morgan fingerprint density at radius 2 is 1.78 bits per heavy atom. The van der Waals surface area contributed by atoms with Gasteiger partial charge in [0.2, 0.25) is 10.0 Å². The minimum atomic E-state index is -3.69. The molecular weight excluding hydrogens is 364 g/mol. The average molecular weight is 391 g/mol. The number of rotatable bonds is 8. The van der Waals surface area contributed by atoms with Gasteiger partial charge in [-0.2, -0.15) is 0 Å². The molecule has 0 spiro atoms. The number of carbonyl (C=O) groups excluding carboxylic acids is 1. The molecule has 27 heavy (non-hydrogen) atoms. The van der Waals surface area contributed by atoms with Crippen molar-refractivity contribution in [3.8, 4) is 5.75 Å². The van der Waals surface area contributed by atoms with E-state index >= 15 is 0 Å². The molecule has 3 N–H and O–H groups in total. The third-order valence-electron chi connectivity index (χ3n) is 4.17. The van der Waals surface area contributed by atoms with Gasteiger partial charge in [0.1, 0.15) is 5.75 Å². The van der Waals surface area contributed by atoms with Gasteiger partial charge in [-0.05, 0) is 54.7 Å². The topological polar surface area (TPSA) is 98.5 Å². The Morgan fingerprint density at radius 3 is 2.37 bits per heavy atom. The first-order valence-electron chi connectivity index (χ1n) is 8.83. The SMILES string of the molecule is CC(Oc1cccc(C(C)C)c1)C(=O)NCCc1ccc(S(N)(=O)=O)cc1. The van der Waals surface area contributed by atoms with Crippen LogP contribution in [0.25, 0.3) is 0 Å². The van der Waals surface area contributed by atoms with E-state index < -0.39 is 16.1 Å². The van der Waals surface area contributed by atoms with E-state index in [2.05, 4.69) is 19.2 Å². The zero-order valence-electron chi connectivity index (χ0n) is 15.8. The van der Waals surface area contributed by atoms with Crippen LogP contribution in [0.4, 0.5) is 0 Å². The Balaban J connectivity index is 1.84. The summed E-state index contributed by atoms with van der Waals surface area (Å²) in [5.74, 6) is 0.854. The Hall–Kier alpha value is -2.38. The van der Waals surface area contributed by atoms with Crippen molar-refractivity contribution in [3.05, 3.63) is 59.7 Å². The van der Waals surface area contributed by atoms with Gasteiger partial charge in [0.25, 0.3) is 5.91 Å². The summed E-state index contributed by atoms with van der Waals surface area (Å²) >= 11 is 0. The van der Waals surface area contributed by atoms with Gasteiger partial charge < -0.3 is 10.1 Å². The van der Waals surface area contributed by atoms with E-state index in [1.807, 2.05) is 24.3 Å². The Kier molecular flexibility index (Phi) is 6.98. The molecule has 0 saturated carbocycles. The fraction of sp³-hybridized carbons (Fsp3) is 0.350. The van der Waals surface area contributed by atoms with Crippen LogP contribution < -0.4 is 15.2 Å². The number of primary sulfonamides is 1. The molecule has 0 aliphatic rings. The van der Waals surface area contributed by atoms with Crippen molar-refractivity contribution < 1.29 is 17.9 Å². The Labute approximate surface area is 160 Å². The fourth-order valence-electron chi connectivity index (χ4n) is 2.52. The minimum Gasteiger partial charge on any atom is -0.481 e. The van der Waals surface area contributed by atoms with Crippen molar-refractivity contribution in [1.29, 1.82) is 0 Å². The monoisotopic (exact) mass is 390 g/mol. The number of hydrogen-bond acceptors (Lipinski definition) is 4. The lowest BCUT2D eigenvalue weighted by molar-refractivity contribution is -0.127. The van der Waals surface area contributed by atoms with Gasteiger partial charge in [-0.25, -0.2) is 13.6 Å². The summed E-state index contributed by atoms with van der Waals surface area (Å²) in [5.41, 5.74) is 2.06. The number of amides is 1. The number of ether oxygens (including phenoxy) is 1. The smallest absolute Gasteiger partial charge is 0.260 e. The number of hydrogen-bond donors (Lipinski definition) is 2. The molecule has 0 bridgehead atoms. The van der Waals surface area contributed by atoms with Gasteiger partial charge in [0.05, 0.1) is 4.90 Å². The van der Waals surface area contributed by atoms with Gasteiger partial charge in [-0.1, -0.05) is 38.1 Å². The number of nitrogens with two attached hydrogens (primary N) is 1. The highest BCUT2D eigenvalue weighted by Gasteiger charge is 2.14. The van der Waals surface area contributed by atoms with E-state index in [-0.39, 0.29) is 10.8 Å². The maximum absolute atomic E-state index is 12.2. The first-order valence-corrected chi connectivity index (χ1v) is 10.4. The summed E-state index contributed by atoms with van der Waals surface area (Å²) in [4.78, 5) is 12.3. The Morgan fingerprint density at radius 1 is 1.11 bits per heavy atom. The van der Waals surface area contributed by atoms with E-state index in [1.54, 1.807) is 19.1 Å². The molecule has 0 heterocycles. The minimum absolute atomic E-state index is 0.0703. The lowest BCUT2D eigenvalue weighted by atomic mass is 10.0. The van der Waals surface area contributed by atoms with Crippen LogP contribution in [0.15, 0.2) is 53.4 Å². The van der Waals surface area contributed by atoms with Gasteiger partial charge in [0.15, 0.2) is 6.10 Å². The highest BCUT2D eigenvalue weighted by molar-refractivity contribution is 7.89. The first-order chi connectivity index (χ1) is 12.7. The molecule has 0 aliphatic carbocycles. The summed E-state index contributed by atoms with van der Waals surface area (Å²) in [5, 5.41) is 7.90. The molecular formula is C20H26N2O4S. The van der Waals surface area contributed by atoms with Crippen LogP contribution >= 0.6 is 0 Å². The molecule has 7 heteroatoms. The van der Waals surface area contributed by atoms with Crippen LogP contribution in [-0.4, -0.2) is 27.0 Å². The fourth-order valence-corrected chi connectivity index (χ4v) is 3.04. The molecule has 146 valence electrons. The largest absolute Gasteiger partial charge is 0.481 e. The lowest BCUT2D eigenvalue weighted by Crippen LogP contribution is -2.37. The molecule has 6 nitrogen and oxygen atoms in total. The van der Waals surface area contributed by atoms with E-state index in [0.29, 0.717) is 24.6 Å². The second-order valence-corrected chi connectivity index (χ2v) is 8.28. The quantitative estimate of drug-likeness (QED) is 0.724. The second-order valence-electron chi connectivity index (χ2n) is 6.72. The van der Waals surface area contributed by atoms with Crippen LogP contribution in [0, 0.1) is 0 Å². The van der Waals surface area contributed by atoms with E-state index in [4.69, 9.17) is 9.88 Å². The predicted molar refractivity (Wildman–Crippen MR) is 105 cm³/mol. The van der Waals surface area contributed by atoms with Crippen molar-refractivity contribution in [1.82, 2.24) is 5.32 Å². The predicted octanol–water partition coefficient (Wildman–Crippen LogP) is 2.58. The van der Waals surface area contributed by atoms with Crippen LogP contribution in [0.3, 0.4) is 0 Å². The normalized spacial score (nSPS) is 12.6. The van der Waals surface area contributed by atoms with Gasteiger partial charge >= 0.3 is 0 Å². The van der Waals surface area contributed by atoms with Crippen LogP contribution in [0.5, 0.6) is 5.75 Å². The van der Waals surface area contributed by atoms with Crippen LogP contribution in [-0.2, 0) is 21.2 Å². The maximum Gasteiger partial charge on any atom is 0.260 e. The van der Waals surface area contributed by atoms with Crippen LogP contribution in [0.2, 0.25) is 0 Å². The molecule has 2 aromatic carbocycles. The second kappa shape index (κ2) is 9.01. The zero-order valence-corrected chi connectivity index (χ0v) is 16.6. The van der Waals surface area contributed by atoms with E-state index in [0.717, 1.165) is 11.1 Å². The van der Waals surface area contributed by atoms with Crippen molar-refractivity contribution in [2.24, 2.45) is 5.14 Å². The number of nitrogens with one attached hydrogen (secondary N) is 1. The molecule has 0 saturated heterocycles. The third kappa shape index (κ3) is 6.37. The number of benzene rings is 2. The summed E-state index contributed by atoms with van der Waals surface area (Å²) in [6.45, 7) is 6.33. The van der Waals surface area contributed by atoms with Crippen molar-refractivity contribution in [2.75, 3.05) is 6.54 Å². The average Bonchev–Trinajstić information content (AvgIpc) is 2.61. The molecule has 0 aromatic heterocycles. The highest BCUT2D eigenvalue weighted by Crippen LogP contribution is 2.21. The molecule has 0 aliphatic heterocycles. The molecule has 0 fully saturated rings. The highest BCUT2D eigenvalue weighted by atomic mass is 32.2. The molecule has 0 radical (unpaired) electrons. The first kappa shape index (κ1) is 20.9. The van der Waals surface area contributed by atoms with Gasteiger partial charge in [-0.15, -0.1) is 0 Å². The summed E-state index contributed by atoms with van der Waals surface area (Å²) in [6, 6.07) is 14.0. The van der Waals surface area contributed by atoms with E-state index in [1.165, 1.54) is 12.1 Å². The lowest BCUT2D eigenvalue weighted by Gasteiger charge is -2.16. The Bertz CT molecular complexity index is 877. The van der Waals surface area contributed by atoms with Crippen molar-refractivity contribution in [2.45, 2.75) is 44.1 Å². The summed E-state index contributed by atoms with van der Waals surface area (Å²) < 4.78 is 28.2. The molecule has 2 rings (SSSR count). The van der Waals surface area contributed by atoms with Crippen molar-refractivity contribution in [3.63, 3.8) is 0 Å². The zero-order chi connectivity index (χ0) is 20.0. The number of sulfonamides is 1. The molecule has 1 unspecified atom stereocenters. The molecule has 1 amide bonds. The van der Waals surface area contributed by atoms with E-state index in [9.17, 15) is 13.2 Å². The summed E-state index contributed by atoms with van der Waals surface area (Å²) in [6.07, 6.45) is -0.0381. The number of carbonyl (C=O) groups is 1. The molecule has 2 aromatic rings. The maximum atomic E-state index is 12.2. The standard InChI is InChI=1S/C20H26N2O4S/c1-14(2)17-5-4-6-18(13-17)26-15(3)20(23)22-12-11-16-7-9-19(10-8-16)27(21,24)25/h4-10,13-15H,11-12H2,1-3H3,(H,22,23)(H2,21,24,25). The van der Waals surface area contributed by atoms with Gasteiger partial charge in [0, 0.05) is 6.54 Å². The summed E-state index contributed by atoms with van der Waals surface area (Å²) in [7, 11) is -3.69. The molecule has 1 atom stereocenters. The van der Waals surface area contributed by atoms with Gasteiger partial charge in [-0.3, -0.25) is 4.79 Å². The van der Waals surface area contributed by atoms with Crippen LogP contribution in [0.1, 0.15) is 37.8 Å². The third-order valence-corrected chi connectivity index (χ3v) is 5.10.